The van der Waals surface area contributed by atoms with Crippen molar-refractivity contribution in [3.05, 3.63) is 28.8 Å². The maximum Gasteiger partial charge on any atom is 0.219 e. The number of anilines is 2. The van der Waals surface area contributed by atoms with Crippen LogP contribution in [0.5, 0.6) is 17.2 Å². The van der Waals surface area contributed by atoms with Gasteiger partial charge < -0.3 is 31.5 Å². The highest BCUT2D eigenvalue weighted by Gasteiger charge is 2.51. The van der Waals surface area contributed by atoms with Crippen molar-refractivity contribution in [1.29, 1.82) is 0 Å². The minimum absolute atomic E-state index is 0.168. The van der Waals surface area contributed by atoms with Gasteiger partial charge in [-0.3, -0.25) is 5.10 Å². The predicted octanol–water partition coefficient (Wildman–Crippen LogP) is 0.497. The van der Waals surface area contributed by atoms with Crippen molar-refractivity contribution in [1.82, 2.24) is 15.2 Å². The second kappa shape index (κ2) is 4.25. The second-order valence-electron chi connectivity index (χ2n) is 6.56. The maximum atomic E-state index is 11.1. The first-order valence-electron chi connectivity index (χ1n) is 7.75. The van der Waals surface area contributed by atoms with Crippen LogP contribution in [0.4, 0.5) is 11.6 Å². The van der Waals surface area contributed by atoms with Crippen molar-refractivity contribution in [2.75, 3.05) is 11.5 Å². The zero-order valence-corrected chi connectivity index (χ0v) is 12.9. The summed E-state index contributed by atoms with van der Waals surface area (Å²) in [5, 5.41) is 37.8. The smallest absolute Gasteiger partial charge is 0.219 e. The van der Waals surface area contributed by atoms with Crippen LogP contribution in [0.2, 0.25) is 0 Å². The van der Waals surface area contributed by atoms with E-state index in [2.05, 4.69) is 15.2 Å². The molecule has 0 saturated carbocycles. The lowest BCUT2D eigenvalue weighted by atomic mass is 9.87. The lowest BCUT2D eigenvalue weighted by molar-refractivity contribution is -0.154. The molecule has 2 atom stereocenters. The average molecular weight is 341 g/mol. The van der Waals surface area contributed by atoms with Crippen LogP contribution in [-0.2, 0) is 12.8 Å². The normalized spacial score (nSPS) is 23.8. The van der Waals surface area contributed by atoms with Crippen LogP contribution in [-0.4, -0.2) is 36.3 Å². The molecule has 1 aliphatic carbocycles. The van der Waals surface area contributed by atoms with Crippen molar-refractivity contribution < 1.29 is 20.1 Å². The summed E-state index contributed by atoms with van der Waals surface area (Å²) in [4.78, 5) is 4.24. The molecule has 0 amide bonds. The standard InChI is InChI=1S/C16H15N5O4/c17-13-7-2-8-6-3-10(23)9(22)1-5(6)4-16(8,24)25-12(7)11-14(18)20-21-15(11)19-13/h1,3,8,22-24H,2,4H2,(H5,17,18,19,20,21). The third kappa shape index (κ3) is 1.70. The summed E-state index contributed by atoms with van der Waals surface area (Å²) >= 11 is 0. The molecule has 8 N–H and O–H groups in total. The first-order valence-corrected chi connectivity index (χ1v) is 7.75. The fourth-order valence-corrected chi connectivity index (χ4v) is 3.92. The molecule has 1 aliphatic heterocycles. The van der Waals surface area contributed by atoms with Crippen LogP contribution in [0.15, 0.2) is 12.1 Å². The number of nitrogens with two attached hydrogens (primary N) is 2. The summed E-state index contributed by atoms with van der Waals surface area (Å²) in [6.07, 6.45) is 0.532. The third-order valence-corrected chi connectivity index (χ3v) is 5.10. The van der Waals surface area contributed by atoms with E-state index in [1.807, 2.05) is 0 Å². The Bertz CT molecular complexity index is 1060. The molecule has 1 aromatic carbocycles. The third-order valence-electron chi connectivity index (χ3n) is 5.10. The average Bonchev–Trinajstić information content (AvgIpc) is 3.03. The van der Waals surface area contributed by atoms with Crippen LogP contribution < -0.4 is 16.2 Å². The minimum atomic E-state index is -1.53. The molecule has 0 bridgehead atoms. The van der Waals surface area contributed by atoms with Crippen LogP contribution in [0.25, 0.3) is 11.0 Å². The largest absolute Gasteiger partial charge is 0.504 e. The number of phenols is 2. The van der Waals surface area contributed by atoms with E-state index < -0.39 is 11.7 Å². The lowest BCUT2D eigenvalue weighted by Gasteiger charge is -2.37. The molecule has 25 heavy (non-hydrogen) atoms. The summed E-state index contributed by atoms with van der Waals surface area (Å²) in [5.41, 5.74) is 14.4. The van der Waals surface area contributed by atoms with Crippen LogP contribution in [0, 0.1) is 0 Å². The number of aromatic hydroxyl groups is 2. The minimum Gasteiger partial charge on any atom is -0.504 e. The second-order valence-corrected chi connectivity index (χ2v) is 6.56. The molecule has 0 spiro atoms. The monoisotopic (exact) mass is 341 g/mol. The number of rotatable bonds is 0. The molecule has 128 valence electrons. The number of ether oxygens (including phenoxy) is 1. The van der Waals surface area contributed by atoms with Gasteiger partial charge >= 0.3 is 0 Å². The summed E-state index contributed by atoms with van der Waals surface area (Å²) in [6.45, 7) is 0. The van der Waals surface area contributed by atoms with Crippen molar-refractivity contribution in [2.45, 2.75) is 24.5 Å². The number of aromatic nitrogens is 3. The maximum absolute atomic E-state index is 11.1. The lowest BCUT2D eigenvalue weighted by Crippen LogP contribution is -2.44. The van der Waals surface area contributed by atoms with E-state index in [0.29, 0.717) is 39.9 Å². The number of nitrogens with one attached hydrogen (secondary N) is 1. The number of hydrogen-bond acceptors (Lipinski definition) is 8. The van der Waals surface area contributed by atoms with Gasteiger partial charge in [-0.25, -0.2) is 4.98 Å². The van der Waals surface area contributed by atoms with Gasteiger partial charge in [0, 0.05) is 12.0 Å². The summed E-state index contributed by atoms with van der Waals surface area (Å²) in [6, 6.07) is 2.90. The number of aromatic amines is 1. The highest BCUT2D eigenvalue weighted by molar-refractivity contribution is 5.95. The number of benzene rings is 1. The van der Waals surface area contributed by atoms with Gasteiger partial charge in [0.2, 0.25) is 5.79 Å². The van der Waals surface area contributed by atoms with Crippen LogP contribution in [0.3, 0.4) is 0 Å². The first kappa shape index (κ1) is 14.2. The fraction of sp³-hybridized carbons (Fsp3) is 0.250. The van der Waals surface area contributed by atoms with Gasteiger partial charge in [0.25, 0.3) is 0 Å². The molecule has 9 nitrogen and oxygen atoms in total. The van der Waals surface area contributed by atoms with Crippen molar-refractivity contribution in [2.24, 2.45) is 0 Å². The van der Waals surface area contributed by atoms with Crippen molar-refractivity contribution in [3.63, 3.8) is 0 Å². The van der Waals surface area contributed by atoms with Gasteiger partial charge in [0.15, 0.2) is 17.1 Å². The van der Waals surface area contributed by atoms with Crippen LogP contribution in [0.1, 0.15) is 22.6 Å². The van der Waals surface area contributed by atoms with Crippen LogP contribution >= 0.6 is 0 Å². The fourth-order valence-electron chi connectivity index (χ4n) is 3.92. The molecule has 0 saturated heterocycles. The molecule has 2 aliphatic rings. The Morgan fingerprint density at radius 1 is 1.24 bits per heavy atom. The van der Waals surface area contributed by atoms with E-state index in [9.17, 15) is 15.3 Å². The van der Waals surface area contributed by atoms with Gasteiger partial charge in [0.05, 0.1) is 5.92 Å². The molecule has 0 fully saturated rings. The molecule has 2 aromatic heterocycles. The number of fused-ring (bicyclic) bond motifs is 6. The molecular weight excluding hydrogens is 326 g/mol. The van der Waals surface area contributed by atoms with Gasteiger partial charge in [-0.05, 0) is 29.7 Å². The summed E-state index contributed by atoms with van der Waals surface area (Å²) in [7, 11) is 0. The van der Waals surface area contributed by atoms with Gasteiger partial charge in [0.1, 0.15) is 22.8 Å². The number of H-pyrrole nitrogens is 1. The topological polar surface area (TPSA) is 164 Å². The summed E-state index contributed by atoms with van der Waals surface area (Å²) in [5.74, 6) is -1.54. The van der Waals surface area contributed by atoms with E-state index in [0.717, 1.165) is 0 Å². The zero-order chi connectivity index (χ0) is 17.5. The first-order chi connectivity index (χ1) is 11.9. The van der Waals surface area contributed by atoms with E-state index in [4.69, 9.17) is 16.2 Å². The number of nitrogen functional groups attached to an aromatic ring is 2. The Balaban J connectivity index is 1.73. The Morgan fingerprint density at radius 3 is 2.80 bits per heavy atom. The molecule has 3 heterocycles. The van der Waals surface area contributed by atoms with E-state index in [1.54, 1.807) is 0 Å². The Kier molecular flexibility index (Phi) is 2.41. The number of pyridine rings is 1. The Labute approximate surface area is 140 Å². The van der Waals surface area contributed by atoms with Crippen molar-refractivity contribution >= 4 is 22.7 Å². The molecule has 9 heteroatoms. The SMILES string of the molecule is Nc1nc2n[nH]c(N)c2c2c1CC1c3cc(O)c(O)cc3CC1(O)O2. The highest BCUT2D eigenvalue weighted by Crippen LogP contribution is 2.53. The van der Waals surface area contributed by atoms with E-state index in [-0.39, 0.29) is 29.6 Å². The molecule has 0 radical (unpaired) electrons. The number of phenolic OH excluding ortho intramolecular Hbond substituents is 2. The molecule has 3 aromatic rings. The van der Waals surface area contributed by atoms with Crippen molar-refractivity contribution in [3.8, 4) is 17.2 Å². The van der Waals surface area contributed by atoms with Gasteiger partial charge in [-0.1, -0.05) is 0 Å². The predicted molar refractivity (Wildman–Crippen MR) is 88.2 cm³/mol. The Morgan fingerprint density at radius 2 is 2.00 bits per heavy atom. The highest BCUT2D eigenvalue weighted by atomic mass is 16.6. The quantitative estimate of drug-likeness (QED) is 0.322. The molecule has 2 unspecified atom stereocenters. The van der Waals surface area contributed by atoms with Gasteiger partial charge in [-0.15, -0.1) is 0 Å². The zero-order valence-electron chi connectivity index (χ0n) is 12.9. The number of hydrogen-bond donors (Lipinski definition) is 6. The summed E-state index contributed by atoms with van der Waals surface area (Å²) < 4.78 is 5.97. The Hall–Kier alpha value is -3.20. The van der Waals surface area contributed by atoms with E-state index in [1.165, 1.54) is 12.1 Å². The molecular formula is C16H15N5O4. The van der Waals surface area contributed by atoms with E-state index >= 15 is 0 Å². The molecule has 5 rings (SSSR count). The number of nitrogens with zero attached hydrogens (tertiary/aromatic N) is 2. The number of aliphatic hydroxyl groups is 1. The van der Waals surface area contributed by atoms with Gasteiger partial charge in [-0.2, -0.15) is 5.10 Å².